The van der Waals surface area contributed by atoms with Gasteiger partial charge in [-0.2, -0.15) is 0 Å². The van der Waals surface area contributed by atoms with Crippen molar-refractivity contribution < 1.29 is 28.3 Å². The number of benzene rings is 2. The highest BCUT2D eigenvalue weighted by Gasteiger charge is 2.25. The molecule has 1 fully saturated rings. The van der Waals surface area contributed by atoms with Crippen LogP contribution in [0.2, 0.25) is 0 Å². The van der Waals surface area contributed by atoms with Gasteiger partial charge in [-0.15, -0.1) is 0 Å². The molecule has 3 aromatic rings. The van der Waals surface area contributed by atoms with Crippen LogP contribution in [-0.2, 0) is 0 Å². The van der Waals surface area contributed by atoms with Gasteiger partial charge in [-0.25, -0.2) is 9.18 Å². The fourth-order valence-corrected chi connectivity index (χ4v) is 4.05. The first kappa shape index (κ1) is 21.1. The van der Waals surface area contributed by atoms with Crippen molar-refractivity contribution in [1.29, 1.82) is 0 Å². The van der Waals surface area contributed by atoms with Crippen molar-refractivity contribution in [2.75, 3.05) is 33.4 Å². The number of hydrogen-bond acceptors (Lipinski definition) is 6. The average molecular weight is 428 g/mol. The fraction of sp³-hybridized carbons (Fsp3) is 0.391. The summed E-state index contributed by atoms with van der Waals surface area (Å²) in [7, 11) is 1.49. The highest BCUT2D eigenvalue weighted by Crippen LogP contribution is 2.33. The van der Waals surface area contributed by atoms with Crippen LogP contribution in [0.1, 0.15) is 41.2 Å². The molecule has 1 aliphatic heterocycles. The van der Waals surface area contributed by atoms with Crippen molar-refractivity contribution in [3.63, 3.8) is 0 Å². The molecular weight excluding hydrogens is 403 g/mol. The number of rotatable bonds is 8. The monoisotopic (exact) mass is 428 g/mol. The van der Waals surface area contributed by atoms with Crippen molar-refractivity contribution in [2.45, 2.75) is 25.2 Å². The van der Waals surface area contributed by atoms with E-state index in [-0.39, 0.29) is 11.4 Å². The summed E-state index contributed by atoms with van der Waals surface area (Å²) in [6.45, 7) is 3.34. The van der Waals surface area contributed by atoms with Crippen molar-refractivity contribution in [2.24, 2.45) is 0 Å². The van der Waals surface area contributed by atoms with E-state index in [0.29, 0.717) is 29.6 Å². The van der Waals surface area contributed by atoms with Gasteiger partial charge in [-0.05, 0) is 62.7 Å². The van der Waals surface area contributed by atoms with E-state index in [1.807, 2.05) is 0 Å². The minimum Gasteiger partial charge on any atom is -0.493 e. The van der Waals surface area contributed by atoms with Gasteiger partial charge in [0.1, 0.15) is 5.82 Å². The molecule has 1 saturated heterocycles. The normalized spacial score (nSPS) is 15.3. The molecule has 0 radical (unpaired) electrons. The second-order valence-electron chi connectivity index (χ2n) is 7.70. The van der Waals surface area contributed by atoms with E-state index < -0.39 is 5.97 Å². The largest absolute Gasteiger partial charge is 0.493 e. The SMILES string of the molecule is COc1cc(C(=O)O)ccc1OCCCN1CCC(c2noc3cc(F)ccc23)CC1. The van der Waals surface area contributed by atoms with Crippen molar-refractivity contribution in [3.8, 4) is 11.5 Å². The van der Waals surface area contributed by atoms with Crippen LogP contribution in [0.15, 0.2) is 40.9 Å². The number of likely N-dealkylation sites (tertiary alicyclic amines) is 1. The van der Waals surface area contributed by atoms with Crippen LogP contribution in [0.5, 0.6) is 11.5 Å². The molecule has 1 N–H and O–H groups in total. The molecule has 0 atom stereocenters. The molecule has 7 nitrogen and oxygen atoms in total. The number of halogens is 1. The van der Waals surface area contributed by atoms with Gasteiger partial charge in [0, 0.05) is 23.9 Å². The lowest BCUT2D eigenvalue weighted by atomic mass is 9.91. The molecule has 8 heteroatoms. The highest BCUT2D eigenvalue weighted by atomic mass is 19.1. The van der Waals surface area contributed by atoms with Gasteiger partial charge in [-0.3, -0.25) is 0 Å². The number of fused-ring (bicyclic) bond motifs is 1. The van der Waals surface area contributed by atoms with Gasteiger partial charge in [0.2, 0.25) is 0 Å². The summed E-state index contributed by atoms with van der Waals surface area (Å²) in [6.07, 6.45) is 2.80. The first-order valence-electron chi connectivity index (χ1n) is 10.4. The maximum atomic E-state index is 13.4. The molecule has 0 aliphatic carbocycles. The number of methoxy groups -OCH3 is 1. The molecule has 2 aromatic carbocycles. The lowest BCUT2D eigenvalue weighted by Gasteiger charge is -2.31. The summed E-state index contributed by atoms with van der Waals surface area (Å²) in [5.74, 6) is -0.0427. The molecule has 0 amide bonds. The Morgan fingerprint density at radius 3 is 2.77 bits per heavy atom. The number of nitrogens with zero attached hydrogens (tertiary/aromatic N) is 2. The molecule has 0 spiro atoms. The summed E-state index contributed by atoms with van der Waals surface area (Å²) < 4.78 is 29.7. The van der Waals surface area contributed by atoms with Gasteiger partial charge in [0.25, 0.3) is 0 Å². The molecule has 0 unspecified atom stereocenters. The molecule has 1 aromatic heterocycles. The minimum atomic E-state index is -1.00. The molecule has 0 saturated carbocycles. The number of piperidine rings is 1. The fourth-order valence-electron chi connectivity index (χ4n) is 4.05. The van der Waals surface area contributed by atoms with E-state index in [4.69, 9.17) is 19.1 Å². The third-order valence-electron chi connectivity index (χ3n) is 5.72. The molecule has 31 heavy (non-hydrogen) atoms. The molecule has 4 rings (SSSR count). The van der Waals surface area contributed by atoms with Crippen LogP contribution in [0.25, 0.3) is 11.0 Å². The molecule has 164 valence electrons. The van der Waals surface area contributed by atoms with Crippen molar-refractivity contribution in [3.05, 3.63) is 53.5 Å². The van der Waals surface area contributed by atoms with Crippen LogP contribution < -0.4 is 9.47 Å². The molecule has 0 bridgehead atoms. The standard InChI is InChI=1S/C23H25FN2O5/c1-29-21-13-16(23(27)28)3-6-19(21)30-12-2-9-26-10-7-15(8-11-26)22-18-5-4-17(24)14-20(18)31-25-22/h3-6,13-15H,2,7-12H2,1H3,(H,27,28). The van der Waals surface area contributed by atoms with E-state index >= 15 is 0 Å². The Kier molecular flexibility index (Phi) is 6.36. The lowest BCUT2D eigenvalue weighted by molar-refractivity contribution is 0.0696. The summed E-state index contributed by atoms with van der Waals surface area (Å²) in [6, 6.07) is 9.17. The topological polar surface area (TPSA) is 85.0 Å². The van der Waals surface area contributed by atoms with Gasteiger partial charge in [0.15, 0.2) is 17.1 Å². The van der Waals surface area contributed by atoms with E-state index in [1.54, 1.807) is 12.1 Å². The second-order valence-corrected chi connectivity index (χ2v) is 7.70. The van der Waals surface area contributed by atoms with Gasteiger partial charge >= 0.3 is 5.97 Å². The Labute approximate surface area is 179 Å². The zero-order valence-corrected chi connectivity index (χ0v) is 17.3. The number of aromatic carboxylic acids is 1. The Bertz CT molecular complexity index is 1060. The number of hydrogen-bond donors (Lipinski definition) is 1. The number of carboxylic acid groups (broad SMARTS) is 1. The predicted octanol–water partition coefficient (Wildman–Crippen LogP) is 4.32. The average Bonchev–Trinajstić information content (AvgIpc) is 3.20. The van der Waals surface area contributed by atoms with Crippen LogP contribution in [0, 0.1) is 5.82 Å². The lowest BCUT2D eigenvalue weighted by Crippen LogP contribution is -2.34. The van der Waals surface area contributed by atoms with Crippen LogP contribution in [-0.4, -0.2) is 54.5 Å². The number of aromatic nitrogens is 1. The maximum Gasteiger partial charge on any atom is 0.335 e. The van der Waals surface area contributed by atoms with E-state index in [1.165, 1.54) is 31.4 Å². The van der Waals surface area contributed by atoms with Crippen molar-refractivity contribution >= 4 is 16.9 Å². The Morgan fingerprint density at radius 2 is 2.03 bits per heavy atom. The van der Waals surface area contributed by atoms with Gasteiger partial charge < -0.3 is 24.0 Å². The Balaban J connectivity index is 1.24. The van der Waals surface area contributed by atoms with Crippen LogP contribution in [0.4, 0.5) is 4.39 Å². The number of ether oxygens (including phenoxy) is 2. The number of carbonyl (C=O) groups is 1. The minimum absolute atomic E-state index is 0.164. The summed E-state index contributed by atoms with van der Waals surface area (Å²) in [5.41, 5.74) is 1.59. The Morgan fingerprint density at radius 1 is 1.23 bits per heavy atom. The van der Waals surface area contributed by atoms with Gasteiger partial charge in [0.05, 0.1) is 25.0 Å². The van der Waals surface area contributed by atoms with Gasteiger partial charge in [-0.1, -0.05) is 5.16 Å². The quantitative estimate of drug-likeness (QED) is 0.535. The summed E-state index contributed by atoms with van der Waals surface area (Å²) in [4.78, 5) is 13.5. The molecule has 1 aliphatic rings. The molecule has 2 heterocycles. The zero-order valence-electron chi connectivity index (χ0n) is 17.3. The third-order valence-corrected chi connectivity index (χ3v) is 5.72. The predicted molar refractivity (Wildman–Crippen MR) is 112 cm³/mol. The summed E-state index contributed by atoms with van der Waals surface area (Å²) >= 11 is 0. The third kappa shape index (κ3) is 4.80. The smallest absolute Gasteiger partial charge is 0.335 e. The number of carboxylic acids is 1. The Hall–Kier alpha value is -3.13. The van der Waals surface area contributed by atoms with E-state index in [9.17, 15) is 9.18 Å². The van der Waals surface area contributed by atoms with Crippen molar-refractivity contribution in [1.82, 2.24) is 10.1 Å². The van der Waals surface area contributed by atoms with E-state index in [0.717, 1.165) is 50.0 Å². The van der Waals surface area contributed by atoms with Crippen LogP contribution in [0.3, 0.4) is 0 Å². The first-order chi connectivity index (χ1) is 15.0. The maximum absolute atomic E-state index is 13.4. The highest BCUT2D eigenvalue weighted by molar-refractivity contribution is 5.88. The van der Waals surface area contributed by atoms with E-state index in [2.05, 4.69) is 10.1 Å². The second kappa shape index (κ2) is 9.34. The molecular formula is C23H25FN2O5. The van der Waals surface area contributed by atoms with Crippen LogP contribution >= 0.6 is 0 Å². The summed E-state index contributed by atoms with van der Waals surface area (Å²) in [5, 5.41) is 14.2. The first-order valence-corrected chi connectivity index (χ1v) is 10.4. The zero-order chi connectivity index (χ0) is 21.8.